The molecule has 0 bridgehead atoms. The van der Waals surface area contributed by atoms with E-state index in [0.717, 1.165) is 0 Å². The van der Waals surface area contributed by atoms with Crippen molar-refractivity contribution in [3.05, 3.63) is 34.9 Å². The van der Waals surface area contributed by atoms with E-state index in [4.69, 9.17) is 16.3 Å². The molecule has 0 unspecified atom stereocenters. The molecule has 2 amide bonds. The highest BCUT2D eigenvalue weighted by Gasteiger charge is 2.27. The summed E-state index contributed by atoms with van der Waals surface area (Å²) in [7, 11) is 1.60. The van der Waals surface area contributed by atoms with E-state index in [2.05, 4.69) is 0 Å². The highest BCUT2D eigenvalue weighted by molar-refractivity contribution is 6.31. The molecule has 1 aromatic rings. The second-order valence-electron chi connectivity index (χ2n) is 8.52. The van der Waals surface area contributed by atoms with Crippen molar-refractivity contribution < 1.29 is 19.1 Å². The normalized spacial score (nSPS) is 12.4. The summed E-state index contributed by atoms with van der Waals surface area (Å²) in [6.07, 6.45) is 2.08. The second-order valence-corrected chi connectivity index (χ2v) is 8.93. The fourth-order valence-corrected chi connectivity index (χ4v) is 2.94. The average Bonchev–Trinajstić information content (AvgIpc) is 2.60. The Kier molecular flexibility index (Phi) is 9.63. The van der Waals surface area contributed by atoms with E-state index >= 15 is 0 Å². The predicted molar refractivity (Wildman–Crippen MR) is 115 cm³/mol. The van der Waals surface area contributed by atoms with Crippen LogP contribution in [-0.4, -0.2) is 59.9 Å². The third kappa shape index (κ3) is 8.86. The summed E-state index contributed by atoms with van der Waals surface area (Å²) < 4.78 is 5.34. The van der Waals surface area contributed by atoms with E-state index in [1.165, 1.54) is 9.80 Å². The molecule has 0 aliphatic heterocycles. The zero-order chi connectivity index (χ0) is 22.2. The predicted octanol–water partition coefficient (Wildman–Crippen LogP) is 4.10. The van der Waals surface area contributed by atoms with Gasteiger partial charge in [-0.15, -0.1) is 0 Å². The molecule has 6 nitrogen and oxygen atoms in total. The van der Waals surface area contributed by atoms with Gasteiger partial charge in [-0.2, -0.15) is 0 Å². The number of amides is 2. The number of rotatable bonds is 9. The minimum absolute atomic E-state index is 0.0755. The van der Waals surface area contributed by atoms with Gasteiger partial charge in [0.25, 0.3) is 0 Å². The van der Waals surface area contributed by atoms with Gasteiger partial charge >= 0.3 is 6.09 Å². The molecule has 0 fully saturated rings. The molecular formula is C22H32ClN2O4. The third-order valence-electron chi connectivity index (χ3n) is 4.21. The highest BCUT2D eigenvalue weighted by Crippen LogP contribution is 2.18. The monoisotopic (exact) mass is 423 g/mol. The summed E-state index contributed by atoms with van der Waals surface area (Å²) in [4.78, 5) is 39.7. The molecule has 0 aliphatic carbocycles. The molecule has 29 heavy (non-hydrogen) atoms. The van der Waals surface area contributed by atoms with Gasteiger partial charge in [-0.25, -0.2) is 4.79 Å². The first-order valence-corrected chi connectivity index (χ1v) is 10.2. The second kappa shape index (κ2) is 11.2. The van der Waals surface area contributed by atoms with Crippen molar-refractivity contribution in [1.82, 2.24) is 9.80 Å². The first-order valence-electron chi connectivity index (χ1n) is 9.79. The Morgan fingerprint density at radius 1 is 1.17 bits per heavy atom. The lowest BCUT2D eigenvalue weighted by molar-refractivity contribution is -0.132. The Morgan fingerprint density at radius 3 is 2.31 bits per heavy atom. The molecule has 0 saturated carbocycles. The van der Waals surface area contributed by atoms with Gasteiger partial charge in [-0.05, 0) is 44.7 Å². The third-order valence-corrected chi connectivity index (χ3v) is 4.58. The molecule has 7 heteroatoms. The molecular weight excluding hydrogens is 392 g/mol. The van der Waals surface area contributed by atoms with Gasteiger partial charge in [-0.1, -0.05) is 43.6 Å². The first kappa shape index (κ1) is 25.0. The Balaban J connectivity index is 2.93. The molecule has 0 N–H and O–H groups in total. The fraction of sp³-hybridized carbons (Fsp3) is 0.591. The number of halogens is 1. The van der Waals surface area contributed by atoms with Gasteiger partial charge < -0.3 is 14.5 Å². The Hall–Kier alpha value is -2.08. The van der Waals surface area contributed by atoms with Crippen molar-refractivity contribution in [2.75, 3.05) is 20.1 Å². The van der Waals surface area contributed by atoms with E-state index < -0.39 is 17.7 Å². The van der Waals surface area contributed by atoms with E-state index in [1.54, 1.807) is 46.0 Å². The van der Waals surface area contributed by atoms with E-state index in [0.29, 0.717) is 17.0 Å². The Labute approximate surface area is 179 Å². The number of benzene rings is 1. The van der Waals surface area contributed by atoms with Crippen molar-refractivity contribution in [2.45, 2.75) is 59.1 Å². The lowest BCUT2D eigenvalue weighted by atomic mass is 10.0. The molecule has 1 radical (unpaired) electrons. The lowest BCUT2D eigenvalue weighted by Crippen LogP contribution is -2.47. The number of carbonyl (C=O) groups excluding carboxylic acids is 3. The van der Waals surface area contributed by atoms with Crippen molar-refractivity contribution in [2.24, 2.45) is 5.92 Å². The van der Waals surface area contributed by atoms with Crippen molar-refractivity contribution in [3.8, 4) is 0 Å². The van der Waals surface area contributed by atoms with Crippen molar-refractivity contribution in [3.63, 3.8) is 0 Å². The lowest BCUT2D eigenvalue weighted by Gasteiger charge is -2.31. The molecule has 1 rings (SSSR count). The standard InChI is InChI=1S/C22H32ClN2O4/c1-16(2)13-18(15-26)25(12-11-24(6)21(28)29-22(3,4)5)20(27)14-17-9-7-8-10-19(17)23/h7-10,16,18H,11-14H2,1-6H3/t18-/m0/s1. The summed E-state index contributed by atoms with van der Waals surface area (Å²) in [6, 6.07) is 6.43. The van der Waals surface area contributed by atoms with Gasteiger partial charge in [0.1, 0.15) is 5.60 Å². The molecule has 0 saturated heterocycles. The summed E-state index contributed by atoms with van der Waals surface area (Å²) >= 11 is 6.18. The maximum Gasteiger partial charge on any atom is 0.410 e. The largest absolute Gasteiger partial charge is 0.444 e. The minimum Gasteiger partial charge on any atom is -0.444 e. The van der Waals surface area contributed by atoms with Crippen LogP contribution in [0, 0.1) is 5.92 Å². The average molecular weight is 424 g/mol. The van der Waals surface area contributed by atoms with Crippen LogP contribution in [-0.2, 0) is 20.7 Å². The molecule has 161 valence electrons. The van der Waals surface area contributed by atoms with Crippen LogP contribution in [0.15, 0.2) is 24.3 Å². The molecule has 1 atom stereocenters. The van der Waals surface area contributed by atoms with Crippen LogP contribution in [0.25, 0.3) is 0 Å². The van der Waals surface area contributed by atoms with E-state index in [9.17, 15) is 14.4 Å². The van der Waals surface area contributed by atoms with Crippen LogP contribution in [0.3, 0.4) is 0 Å². The number of ether oxygens (including phenoxy) is 1. The highest BCUT2D eigenvalue weighted by atomic mass is 35.5. The van der Waals surface area contributed by atoms with Crippen LogP contribution < -0.4 is 0 Å². The number of hydrogen-bond acceptors (Lipinski definition) is 4. The first-order chi connectivity index (χ1) is 13.4. The summed E-state index contributed by atoms with van der Waals surface area (Å²) in [5, 5.41) is 0.502. The number of carbonyl (C=O) groups is 2. The van der Waals surface area contributed by atoms with Crippen LogP contribution >= 0.6 is 11.6 Å². The maximum atomic E-state index is 13.0. The van der Waals surface area contributed by atoms with E-state index in [-0.39, 0.29) is 31.3 Å². The van der Waals surface area contributed by atoms with E-state index in [1.807, 2.05) is 26.2 Å². The molecule has 0 aliphatic rings. The minimum atomic E-state index is -0.683. The van der Waals surface area contributed by atoms with Crippen LogP contribution in [0.4, 0.5) is 4.79 Å². The molecule has 0 heterocycles. The molecule has 0 spiro atoms. The quantitative estimate of drug-likeness (QED) is 0.599. The van der Waals surface area contributed by atoms with Gasteiger partial charge in [0, 0.05) is 25.2 Å². The zero-order valence-corrected chi connectivity index (χ0v) is 19.0. The number of nitrogens with zero attached hydrogens (tertiary/aromatic N) is 2. The summed E-state index contributed by atoms with van der Waals surface area (Å²) in [5.74, 6) is -0.0228. The van der Waals surface area contributed by atoms with Crippen LogP contribution in [0.2, 0.25) is 5.02 Å². The van der Waals surface area contributed by atoms with Gasteiger partial charge in [0.05, 0.1) is 12.5 Å². The Morgan fingerprint density at radius 2 is 1.79 bits per heavy atom. The van der Waals surface area contributed by atoms with Crippen LogP contribution in [0.5, 0.6) is 0 Å². The maximum absolute atomic E-state index is 13.0. The fourth-order valence-electron chi connectivity index (χ4n) is 2.73. The number of likely N-dealkylation sites (N-methyl/N-ethyl adjacent to an activating group) is 1. The zero-order valence-electron chi connectivity index (χ0n) is 18.2. The van der Waals surface area contributed by atoms with Gasteiger partial charge in [0.15, 0.2) is 0 Å². The number of hydrogen-bond donors (Lipinski definition) is 0. The van der Waals surface area contributed by atoms with Gasteiger partial charge in [0.2, 0.25) is 12.2 Å². The SMILES string of the molecule is CC(C)C[C@@H]([C]=O)N(CCN(C)C(=O)OC(C)(C)C)C(=O)Cc1ccccc1Cl. The van der Waals surface area contributed by atoms with Gasteiger partial charge in [-0.3, -0.25) is 9.59 Å². The molecule has 1 aromatic carbocycles. The van der Waals surface area contributed by atoms with Crippen LogP contribution in [0.1, 0.15) is 46.6 Å². The van der Waals surface area contributed by atoms with Crippen molar-refractivity contribution in [1.29, 1.82) is 0 Å². The smallest absolute Gasteiger partial charge is 0.410 e. The summed E-state index contributed by atoms with van der Waals surface area (Å²) in [5.41, 5.74) is 0.0839. The van der Waals surface area contributed by atoms with Crippen molar-refractivity contribution >= 4 is 29.9 Å². The topological polar surface area (TPSA) is 66.9 Å². The Bertz CT molecular complexity index is 700. The summed E-state index contributed by atoms with van der Waals surface area (Å²) in [6.45, 7) is 9.77. The molecule has 0 aromatic heterocycles.